The number of hydrogen-bond donors (Lipinski definition) is 5. The number of carbonyl (C=O) groups excluding carboxylic acids is 2. The molecule has 1 saturated heterocycles. The summed E-state index contributed by atoms with van der Waals surface area (Å²) < 4.78 is 1.54. The van der Waals surface area contributed by atoms with Gasteiger partial charge < -0.3 is 15.1 Å². The molecule has 3 heterocycles. The molecule has 1 unspecified atom stereocenters. The first kappa shape index (κ1) is 24.9. The minimum atomic E-state index is -0.328. The quantitative estimate of drug-likeness (QED) is 0.328. The highest BCUT2D eigenvalue weighted by Crippen LogP contribution is 2.26. The summed E-state index contributed by atoms with van der Waals surface area (Å²) in [6.07, 6.45) is 4.90. The van der Waals surface area contributed by atoms with E-state index in [0.29, 0.717) is 5.56 Å². The molecule has 9 heteroatoms. The number of nitrogens with zero attached hydrogens (tertiary/aromatic N) is 2. The number of aryl methyl sites for hydroxylation is 2. The lowest BCUT2D eigenvalue weighted by atomic mass is 10.0. The average Bonchev–Trinajstić information content (AvgIpc) is 3.51. The van der Waals surface area contributed by atoms with Crippen LogP contribution in [-0.2, 0) is 12.8 Å². The molecule has 0 aliphatic carbocycles. The van der Waals surface area contributed by atoms with Crippen LogP contribution in [-0.4, -0.2) is 49.7 Å². The van der Waals surface area contributed by atoms with Crippen LogP contribution in [0.15, 0.2) is 54.9 Å². The lowest BCUT2D eigenvalue weighted by Crippen LogP contribution is -3.12. The summed E-state index contributed by atoms with van der Waals surface area (Å²) in [6, 6.07) is 13.7. The van der Waals surface area contributed by atoms with E-state index >= 15 is 0 Å². The zero-order valence-electron chi connectivity index (χ0n) is 21.8. The highest BCUT2D eigenvalue weighted by molar-refractivity contribution is 5.95. The van der Waals surface area contributed by atoms with Crippen molar-refractivity contribution in [2.24, 2.45) is 0 Å². The summed E-state index contributed by atoms with van der Waals surface area (Å²) >= 11 is 0. The number of carbonyl (C=O) groups is 2. The Morgan fingerprint density at radius 3 is 2.35 bits per heavy atom. The van der Waals surface area contributed by atoms with Gasteiger partial charge in [0.15, 0.2) is 0 Å². The number of anilines is 3. The fraction of sp³-hybridized carbons (Fsp3) is 0.357. The van der Waals surface area contributed by atoms with Gasteiger partial charge in [-0.05, 0) is 48.2 Å². The molecular formula is C28H37N7O2+2. The molecule has 1 fully saturated rings. The lowest BCUT2D eigenvalue weighted by molar-refractivity contribution is -0.880. The molecule has 5 rings (SSSR count). The van der Waals surface area contributed by atoms with Crippen molar-refractivity contribution >= 4 is 29.0 Å². The van der Waals surface area contributed by atoms with Gasteiger partial charge in [-0.15, -0.1) is 0 Å². The van der Waals surface area contributed by atoms with Crippen molar-refractivity contribution < 1.29 is 19.9 Å². The van der Waals surface area contributed by atoms with E-state index in [1.807, 2.05) is 47.9 Å². The first-order valence-corrected chi connectivity index (χ1v) is 13.2. The molecule has 2 aliphatic rings. The summed E-state index contributed by atoms with van der Waals surface area (Å²) in [6.45, 7) is 8.47. The van der Waals surface area contributed by atoms with Gasteiger partial charge in [-0.3, -0.25) is 14.7 Å². The zero-order valence-corrected chi connectivity index (χ0v) is 21.8. The van der Waals surface area contributed by atoms with E-state index < -0.39 is 0 Å². The fourth-order valence-corrected chi connectivity index (χ4v) is 5.11. The molecule has 6 N–H and O–H groups in total. The molecule has 2 aliphatic heterocycles. The van der Waals surface area contributed by atoms with Crippen molar-refractivity contribution in [2.45, 2.75) is 32.9 Å². The Labute approximate surface area is 217 Å². The number of hydrogen-bond acceptors (Lipinski definition) is 4. The van der Waals surface area contributed by atoms with Crippen LogP contribution in [0.2, 0.25) is 0 Å². The van der Waals surface area contributed by atoms with Crippen LogP contribution < -0.4 is 31.3 Å². The summed E-state index contributed by atoms with van der Waals surface area (Å²) in [4.78, 5) is 30.0. The third-order valence-electron chi connectivity index (χ3n) is 7.46. The Kier molecular flexibility index (Phi) is 7.16. The van der Waals surface area contributed by atoms with E-state index in [4.69, 9.17) is 0 Å². The molecule has 0 radical (unpaired) electrons. The highest BCUT2D eigenvalue weighted by Gasteiger charge is 2.31. The summed E-state index contributed by atoms with van der Waals surface area (Å²) in [7, 11) is 2.22. The van der Waals surface area contributed by atoms with Gasteiger partial charge in [0.05, 0.1) is 38.8 Å². The number of nitrogens with one attached hydrogen (secondary N) is 4. The smallest absolute Gasteiger partial charge is 0.330 e. The van der Waals surface area contributed by atoms with Gasteiger partial charge in [-0.25, -0.2) is 15.6 Å². The van der Waals surface area contributed by atoms with Crippen molar-refractivity contribution in [1.82, 2.24) is 9.88 Å². The number of nitrogens with two attached hydrogens (primary N) is 1. The summed E-state index contributed by atoms with van der Waals surface area (Å²) in [5, 5.41) is 6.17. The van der Waals surface area contributed by atoms with Gasteiger partial charge in [0.2, 0.25) is 6.17 Å². The number of benzene rings is 2. The topological polar surface area (TPSA) is 99.5 Å². The monoisotopic (exact) mass is 503 g/mol. The molecule has 0 spiro atoms. The number of nitrogen functional groups attached to an aromatic ring is 1. The van der Waals surface area contributed by atoms with Crippen LogP contribution in [0.25, 0.3) is 0 Å². The number of fused-ring (bicyclic) bond motifs is 1. The predicted molar refractivity (Wildman–Crippen MR) is 145 cm³/mol. The minimum Gasteiger partial charge on any atom is -0.360 e. The number of aromatic nitrogens is 1. The fourth-order valence-electron chi connectivity index (χ4n) is 5.11. The number of likely N-dealkylation sites (N-methyl/N-ethyl adjacent to an activating group) is 1. The molecule has 2 aromatic carbocycles. The second-order valence-electron chi connectivity index (χ2n) is 9.88. The maximum Gasteiger partial charge on any atom is 0.330 e. The van der Waals surface area contributed by atoms with Gasteiger partial charge in [-0.2, -0.15) is 0 Å². The van der Waals surface area contributed by atoms with Crippen LogP contribution in [0.4, 0.5) is 21.9 Å². The molecule has 1 atom stereocenters. The number of para-hydroxylation sites is 1. The third-order valence-corrected chi connectivity index (χ3v) is 7.46. The van der Waals surface area contributed by atoms with E-state index in [-0.39, 0.29) is 18.1 Å². The second kappa shape index (κ2) is 10.7. The van der Waals surface area contributed by atoms with Crippen LogP contribution in [0.3, 0.4) is 0 Å². The van der Waals surface area contributed by atoms with Crippen molar-refractivity contribution in [3.8, 4) is 0 Å². The Hall–Kier alpha value is -3.82. The Balaban J connectivity index is 1.25. The maximum absolute atomic E-state index is 13.1. The number of rotatable bonds is 6. The van der Waals surface area contributed by atoms with Gasteiger partial charge in [0, 0.05) is 29.3 Å². The predicted octanol–water partition coefficient (Wildman–Crippen LogP) is 1.36. The second-order valence-corrected chi connectivity index (χ2v) is 9.88. The molecular weight excluding hydrogens is 466 g/mol. The third kappa shape index (κ3) is 5.19. The molecule has 1 aromatic heterocycles. The Morgan fingerprint density at radius 2 is 1.70 bits per heavy atom. The van der Waals surface area contributed by atoms with E-state index in [1.54, 1.807) is 21.9 Å². The van der Waals surface area contributed by atoms with Gasteiger partial charge in [-0.1, -0.05) is 32.0 Å². The SMILES string of the molecule is CCc1cccc(CC)c1NC(=O)n1cc2c(c1)C(NC(=O)c1ccc(N3CC[NH+](C)CC3)cc1)[NH2+]N2. The number of quaternary nitrogens is 2. The van der Waals surface area contributed by atoms with Crippen molar-refractivity contribution in [2.75, 3.05) is 48.9 Å². The van der Waals surface area contributed by atoms with E-state index in [2.05, 4.69) is 41.9 Å². The molecule has 9 nitrogen and oxygen atoms in total. The molecule has 194 valence electrons. The summed E-state index contributed by atoms with van der Waals surface area (Å²) in [5.41, 5.74) is 11.6. The van der Waals surface area contributed by atoms with Crippen LogP contribution >= 0.6 is 0 Å². The summed E-state index contributed by atoms with van der Waals surface area (Å²) in [5.74, 6) is -0.146. The first-order chi connectivity index (χ1) is 18.0. The molecule has 2 amide bonds. The van der Waals surface area contributed by atoms with Crippen LogP contribution in [0, 0.1) is 0 Å². The van der Waals surface area contributed by atoms with Crippen LogP contribution in [0.1, 0.15) is 47.1 Å². The standard InChI is InChI=1S/C28H35N7O2/c1-4-19-7-6-8-20(5-2)25(19)29-28(37)35-17-23-24(18-35)31-32-26(23)30-27(36)21-9-11-22(12-10-21)34-15-13-33(3)14-16-34/h6-12,17-18,26,31-32H,4-5,13-16H2,1-3H3,(H,29,37)(H,30,36)/p+2. The maximum atomic E-state index is 13.1. The lowest BCUT2D eigenvalue weighted by Gasteiger charge is -2.31. The first-order valence-electron chi connectivity index (χ1n) is 13.2. The minimum absolute atomic E-state index is 0.146. The Bertz CT molecular complexity index is 1250. The number of piperazine rings is 1. The van der Waals surface area contributed by atoms with Gasteiger partial charge in [0.1, 0.15) is 5.69 Å². The van der Waals surface area contributed by atoms with E-state index in [0.717, 1.165) is 72.8 Å². The normalized spacial score (nSPS) is 17.3. The Morgan fingerprint density at radius 1 is 1.03 bits per heavy atom. The highest BCUT2D eigenvalue weighted by atomic mass is 16.2. The van der Waals surface area contributed by atoms with E-state index in [1.165, 1.54) is 0 Å². The average molecular weight is 504 g/mol. The van der Waals surface area contributed by atoms with Crippen LogP contribution in [0.5, 0.6) is 0 Å². The molecule has 0 bridgehead atoms. The van der Waals surface area contributed by atoms with Gasteiger partial charge in [0.25, 0.3) is 5.91 Å². The zero-order chi connectivity index (χ0) is 25.9. The van der Waals surface area contributed by atoms with E-state index in [9.17, 15) is 9.59 Å². The van der Waals surface area contributed by atoms with Crippen molar-refractivity contribution in [3.05, 3.63) is 77.1 Å². The van der Waals surface area contributed by atoms with Crippen molar-refractivity contribution in [3.63, 3.8) is 0 Å². The van der Waals surface area contributed by atoms with Crippen molar-refractivity contribution in [1.29, 1.82) is 0 Å². The molecule has 37 heavy (non-hydrogen) atoms. The molecule has 0 saturated carbocycles. The molecule has 3 aromatic rings. The number of amides is 2. The van der Waals surface area contributed by atoms with Gasteiger partial charge >= 0.3 is 6.03 Å². The largest absolute Gasteiger partial charge is 0.360 e.